The second-order valence-corrected chi connectivity index (χ2v) is 5.49. The maximum Gasteiger partial charge on any atom is 0.0987 e. The minimum atomic E-state index is -0.109. The van der Waals surface area contributed by atoms with Crippen LogP contribution in [0.25, 0.3) is 0 Å². The molecule has 0 radical (unpaired) electrons. The summed E-state index contributed by atoms with van der Waals surface area (Å²) in [6, 6.07) is 3.84. The third-order valence-corrected chi connectivity index (χ3v) is 3.96. The van der Waals surface area contributed by atoms with E-state index in [1.807, 2.05) is 37.7 Å². The Morgan fingerprint density at radius 2 is 2.32 bits per heavy atom. The molecular weight excluding hydrogens is 258 g/mol. The number of pyridine rings is 1. The topological polar surface area (TPSA) is 61.0 Å². The lowest BCUT2D eigenvalue weighted by Gasteiger charge is -2.21. The number of aryl methyl sites for hydroxylation is 1. The molecule has 2 unspecified atom stereocenters. The molecule has 0 amide bonds. The van der Waals surface area contributed by atoms with Crippen molar-refractivity contribution in [2.45, 2.75) is 32.4 Å². The van der Waals surface area contributed by atoms with E-state index in [1.54, 1.807) is 17.5 Å². The summed E-state index contributed by atoms with van der Waals surface area (Å²) in [6.07, 6.45) is 4.33. The summed E-state index contributed by atoms with van der Waals surface area (Å²) < 4.78 is 5.93. The van der Waals surface area contributed by atoms with Crippen LogP contribution in [-0.4, -0.2) is 22.6 Å². The zero-order chi connectivity index (χ0) is 13.7. The summed E-state index contributed by atoms with van der Waals surface area (Å²) in [4.78, 5) is 9.63. The van der Waals surface area contributed by atoms with Crippen molar-refractivity contribution in [2.75, 3.05) is 6.61 Å². The van der Waals surface area contributed by atoms with Crippen LogP contribution in [0.1, 0.15) is 29.2 Å². The van der Waals surface area contributed by atoms with E-state index < -0.39 is 0 Å². The van der Waals surface area contributed by atoms with Gasteiger partial charge in [-0.25, -0.2) is 4.98 Å². The van der Waals surface area contributed by atoms with Crippen molar-refractivity contribution in [1.29, 1.82) is 0 Å². The van der Waals surface area contributed by atoms with Crippen LogP contribution in [-0.2, 0) is 11.2 Å². The van der Waals surface area contributed by atoms with Gasteiger partial charge in [-0.15, -0.1) is 11.3 Å². The Hall–Kier alpha value is -1.30. The van der Waals surface area contributed by atoms with Gasteiger partial charge in [0.15, 0.2) is 0 Å². The highest BCUT2D eigenvalue weighted by Gasteiger charge is 2.17. The molecule has 0 aliphatic heterocycles. The van der Waals surface area contributed by atoms with Gasteiger partial charge in [0.05, 0.1) is 23.9 Å². The third kappa shape index (κ3) is 3.83. The van der Waals surface area contributed by atoms with Gasteiger partial charge in [0.2, 0.25) is 0 Å². The van der Waals surface area contributed by atoms with E-state index >= 15 is 0 Å². The predicted molar refractivity (Wildman–Crippen MR) is 77.1 cm³/mol. The summed E-state index contributed by atoms with van der Waals surface area (Å²) in [7, 11) is 0. The number of hydrogen-bond donors (Lipinski definition) is 1. The quantitative estimate of drug-likeness (QED) is 0.881. The molecule has 5 heteroatoms. The average molecular weight is 277 g/mol. The fourth-order valence-electron chi connectivity index (χ4n) is 1.94. The van der Waals surface area contributed by atoms with Crippen LogP contribution in [0.4, 0.5) is 0 Å². The minimum absolute atomic E-state index is 0.0632. The fourth-order valence-corrected chi connectivity index (χ4v) is 2.70. The highest BCUT2D eigenvalue weighted by Crippen LogP contribution is 2.20. The number of hydrogen-bond acceptors (Lipinski definition) is 5. The van der Waals surface area contributed by atoms with E-state index in [2.05, 4.69) is 9.97 Å². The Morgan fingerprint density at radius 3 is 2.89 bits per heavy atom. The van der Waals surface area contributed by atoms with Crippen LogP contribution < -0.4 is 5.73 Å². The van der Waals surface area contributed by atoms with Crippen molar-refractivity contribution in [1.82, 2.24) is 9.97 Å². The number of thiazole rings is 1. The van der Waals surface area contributed by atoms with Gasteiger partial charge >= 0.3 is 0 Å². The molecule has 0 aliphatic rings. The molecule has 2 N–H and O–H groups in total. The predicted octanol–water partition coefficient (Wildman–Crippen LogP) is 2.49. The van der Waals surface area contributed by atoms with E-state index in [9.17, 15) is 0 Å². The molecule has 2 aromatic heterocycles. The molecule has 0 spiro atoms. The van der Waals surface area contributed by atoms with Gasteiger partial charge in [-0.2, -0.15) is 0 Å². The summed E-state index contributed by atoms with van der Waals surface area (Å²) in [5, 5.41) is 0. The molecule has 0 aromatic carbocycles. The van der Waals surface area contributed by atoms with Crippen molar-refractivity contribution in [2.24, 2.45) is 5.73 Å². The number of aromatic nitrogens is 2. The van der Waals surface area contributed by atoms with Gasteiger partial charge < -0.3 is 10.5 Å². The lowest BCUT2D eigenvalue weighted by molar-refractivity contribution is 0.0403. The van der Waals surface area contributed by atoms with Crippen molar-refractivity contribution in [3.05, 3.63) is 46.2 Å². The number of ether oxygens (including phenoxy) is 1. The van der Waals surface area contributed by atoms with E-state index in [1.165, 1.54) is 4.88 Å². The van der Waals surface area contributed by atoms with Crippen molar-refractivity contribution in [3.63, 3.8) is 0 Å². The average Bonchev–Trinajstić information content (AvgIpc) is 2.81. The molecule has 0 aliphatic carbocycles. The van der Waals surface area contributed by atoms with Crippen LogP contribution in [0.15, 0.2) is 30.0 Å². The Morgan fingerprint density at radius 1 is 1.47 bits per heavy atom. The summed E-state index contributed by atoms with van der Waals surface area (Å²) in [6.45, 7) is 4.62. The molecular formula is C14H19N3OS. The summed E-state index contributed by atoms with van der Waals surface area (Å²) >= 11 is 1.67. The molecule has 0 saturated carbocycles. The van der Waals surface area contributed by atoms with Crippen LogP contribution in [0.2, 0.25) is 0 Å². The van der Waals surface area contributed by atoms with Crippen LogP contribution in [0.3, 0.4) is 0 Å². The monoisotopic (exact) mass is 277 g/mol. The molecule has 2 rings (SSSR count). The Balaban J connectivity index is 1.93. The summed E-state index contributed by atoms with van der Waals surface area (Å²) in [5.74, 6) is 0. The van der Waals surface area contributed by atoms with Crippen LogP contribution >= 0.6 is 11.3 Å². The van der Waals surface area contributed by atoms with Crippen molar-refractivity contribution in [3.8, 4) is 0 Å². The highest BCUT2D eigenvalue weighted by molar-refractivity contribution is 7.09. The number of rotatable bonds is 6. The Bertz CT molecular complexity index is 498. The molecule has 0 bridgehead atoms. The highest BCUT2D eigenvalue weighted by atomic mass is 32.1. The molecule has 19 heavy (non-hydrogen) atoms. The molecule has 0 saturated heterocycles. The standard InChI is InChI=1S/C14H19N3OS/c1-10(15)14(12-4-3-6-16-8-12)18-7-5-13-11(2)17-9-19-13/h3-4,6,8-10,14H,5,7,15H2,1-2H3. The van der Waals surface area contributed by atoms with E-state index in [-0.39, 0.29) is 12.1 Å². The fraction of sp³-hybridized carbons (Fsp3) is 0.429. The maximum absolute atomic E-state index is 6.00. The van der Waals surface area contributed by atoms with E-state index in [0.29, 0.717) is 6.61 Å². The van der Waals surface area contributed by atoms with E-state index in [0.717, 1.165) is 17.7 Å². The van der Waals surface area contributed by atoms with Gasteiger partial charge in [0.25, 0.3) is 0 Å². The molecule has 102 valence electrons. The number of nitrogens with two attached hydrogens (primary N) is 1. The first-order valence-electron chi connectivity index (χ1n) is 6.34. The third-order valence-electron chi connectivity index (χ3n) is 2.96. The molecule has 2 atom stereocenters. The SMILES string of the molecule is Cc1ncsc1CCOC(c1cccnc1)C(C)N. The Kier molecular flexibility index (Phi) is 5.01. The zero-order valence-corrected chi connectivity index (χ0v) is 12.1. The largest absolute Gasteiger partial charge is 0.371 e. The smallest absolute Gasteiger partial charge is 0.0987 e. The molecule has 2 heterocycles. The number of nitrogens with zero attached hydrogens (tertiary/aromatic N) is 2. The first-order valence-corrected chi connectivity index (χ1v) is 7.22. The first kappa shape index (κ1) is 14.1. The Labute approximate surface area is 117 Å². The molecule has 0 fully saturated rings. The molecule has 2 aromatic rings. The van der Waals surface area contributed by atoms with Crippen LogP contribution in [0.5, 0.6) is 0 Å². The normalized spacial score (nSPS) is 14.3. The maximum atomic E-state index is 6.00. The van der Waals surface area contributed by atoms with Crippen molar-refractivity contribution < 1.29 is 4.74 Å². The zero-order valence-electron chi connectivity index (χ0n) is 11.2. The van der Waals surface area contributed by atoms with Gasteiger partial charge in [-0.1, -0.05) is 6.07 Å². The van der Waals surface area contributed by atoms with Gasteiger partial charge in [0.1, 0.15) is 0 Å². The lowest BCUT2D eigenvalue weighted by atomic mass is 10.1. The van der Waals surface area contributed by atoms with E-state index in [4.69, 9.17) is 10.5 Å². The molecule has 4 nitrogen and oxygen atoms in total. The van der Waals surface area contributed by atoms with Crippen LogP contribution in [0, 0.1) is 6.92 Å². The minimum Gasteiger partial charge on any atom is -0.371 e. The van der Waals surface area contributed by atoms with Gasteiger partial charge in [-0.05, 0) is 19.9 Å². The van der Waals surface area contributed by atoms with Gasteiger partial charge in [0, 0.05) is 35.3 Å². The lowest BCUT2D eigenvalue weighted by Crippen LogP contribution is -2.27. The second kappa shape index (κ2) is 6.75. The van der Waals surface area contributed by atoms with Crippen molar-refractivity contribution >= 4 is 11.3 Å². The first-order chi connectivity index (χ1) is 9.18. The summed E-state index contributed by atoms with van der Waals surface area (Å²) in [5.41, 5.74) is 9.98. The second-order valence-electron chi connectivity index (χ2n) is 4.55. The van der Waals surface area contributed by atoms with Gasteiger partial charge in [-0.3, -0.25) is 4.98 Å².